The molecule has 132 valence electrons. The van der Waals surface area contributed by atoms with Gasteiger partial charge in [-0.1, -0.05) is 12.1 Å². The fourth-order valence-corrected chi connectivity index (χ4v) is 2.43. The zero-order valence-corrected chi connectivity index (χ0v) is 14.3. The van der Waals surface area contributed by atoms with Crippen molar-refractivity contribution < 1.29 is 9.59 Å². The monoisotopic (exact) mass is 356 g/mol. The molecule has 6 nitrogen and oxygen atoms in total. The maximum Gasteiger partial charge on any atom is 0.255 e. The first kappa shape index (κ1) is 17.8. The van der Waals surface area contributed by atoms with E-state index in [2.05, 4.69) is 15.6 Å². The highest BCUT2D eigenvalue weighted by atomic mass is 16.2. The smallest absolute Gasteiger partial charge is 0.255 e. The highest BCUT2D eigenvalue weighted by Gasteiger charge is 2.09. The molecule has 0 saturated heterocycles. The lowest BCUT2D eigenvalue weighted by Gasteiger charge is -2.07. The van der Waals surface area contributed by atoms with Gasteiger partial charge in [0.2, 0.25) is 0 Å². The Labute approximate surface area is 156 Å². The van der Waals surface area contributed by atoms with Gasteiger partial charge in [-0.15, -0.1) is 0 Å². The molecule has 3 aromatic rings. The number of anilines is 1. The van der Waals surface area contributed by atoms with E-state index in [1.54, 1.807) is 67.0 Å². The Kier molecular flexibility index (Phi) is 5.55. The van der Waals surface area contributed by atoms with Crippen molar-refractivity contribution in [2.45, 2.75) is 6.54 Å². The molecule has 0 bridgehead atoms. The quantitative estimate of drug-likeness (QED) is 0.734. The van der Waals surface area contributed by atoms with Gasteiger partial charge >= 0.3 is 0 Å². The Balaban J connectivity index is 1.61. The summed E-state index contributed by atoms with van der Waals surface area (Å²) in [6.45, 7) is 0.379. The van der Waals surface area contributed by atoms with Crippen LogP contribution in [0.5, 0.6) is 0 Å². The Morgan fingerprint density at radius 3 is 2.37 bits per heavy atom. The summed E-state index contributed by atoms with van der Waals surface area (Å²) in [5, 5.41) is 14.4. The van der Waals surface area contributed by atoms with Crippen LogP contribution in [-0.4, -0.2) is 16.8 Å². The number of amides is 2. The van der Waals surface area contributed by atoms with Crippen LogP contribution in [0.1, 0.15) is 31.8 Å². The summed E-state index contributed by atoms with van der Waals surface area (Å²) in [4.78, 5) is 28.5. The molecule has 3 rings (SSSR count). The van der Waals surface area contributed by atoms with Crippen LogP contribution in [0.15, 0.2) is 73.1 Å². The number of nitriles is 1. The minimum atomic E-state index is -0.313. The average molecular weight is 356 g/mol. The molecule has 0 atom stereocenters. The van der Waals surface area contributed by atoms with E-state index in [9.17, 15) is 9.59 Å². The van der Waals surface area contributed by atoms with Crippen LogP contribution >= 0.6 is 0 Å². The van der Waals surface area contributed by atoms with Crippen LogP contribution < -0.4 is 10.6 Å². The Hall–Kier alpha value is -3.98. The van der Waals surface area contributed by atoms with E-state index >= 15 is 0 Å². The third kappa shape index (κ3) is 4.77. The van der Waals surface area contributed by atoms with Crippen LogP contribution in [-0.2, 0) is 6.54 Å². The van der Waals surface area contributed by atoms with E-state index in [0.29, 0.717) is 28.9 Å². The molecule has 1 aromatic heterocycles. The molecule has 2 aromatic carbocycles. The lowest BCUT2D eigenvalue weighted by Crippen LogP contribution is -2.23. The van der Waals surface area contributed by atoms with Crippen molar-refractivity contribution in [3.63, 3.8) is 0 Å². The predicted molar refractivity (Wildman–Crippen MR) is 101 cm³/mol. The molecule has 27 heavy (non-hydrogen) atoms. The van der Waals surface area contributed by atoms with E-state index in [4.69, 9.17) is 5.26 Å². The standard InChI is InChI=1S/C21H16N4O2/c22-12-15-3-1-5-19(11-15)25-21(27)18-8-6-17(7-9-18)20(26)24-14-16-4-2-10-23-13-16/h1-11,13H,14H2,(H,24,26)(H,25,27). The molecule has 0 radical (unpaired) electrons. The molecule has 0 aliphatic heterocycles. The van der Waals surface area contributed by atoms with E-state index in [0.717, 1.165) is 5.56 Å². The molecule has 0 spiro atoms. The zero-order valence-electron chi connectivity index (χ0n) is 14.3. The van der Waals surface area contributed by atoms with Gasteiger partial charge in [0.25, 0.3) is 11.8 Å². The lowest BCUT2D eigenvalue weighted by molar-refractivity contribution is 0.0949. The van der Waals surface area contributed by atoms with Gasteiger partial charge in [0.15, 0.2) is 0 Å². The van der Waals surface area contributed by atoms with Crippen molar-refractivity contribution in [1.29, 1.82) is 5.26 Å². The largest absolute Gasteiger partial charge is 0.348 e. The number of hydrogen-bond donors (Lipinski definition) is 2. The van der Waals surface area contributed by atoms with Gasteiger partial charge in [-0.25, -0.2) is 0 Å². The van der Waals surface area contributed by atoms with E-state index in [-0.39, 0.29) is 11.8 Å². The van der Waals surface area contributed by atoms with E-state index in [1.807, 2.05) is 12.1 Å². The highest BCUT2D eigenvalue weighted by Crippen LogP contribution is 2.12. The second-order valence-corrected chi connectivity index (χ2v) is 5.77. The number of benzene rings is 2. The molecular formula is C21H16N4O2. The Morgan fingerprint density at radius 1 is 0.963 bits per heavy atom. The van der Waals surface area contributed by atoms with Gasteiger partial charge in [0.05, 0.1) is 11.6 Å². The molecular weight excluding hydrogens is 340 g/mol. The number of carbonyl (C=O) groups is 2. The molecule has 2 amide bonds. The molecule has 2 N–H and O–H groups in total. The average Bonchev–Trinajstić information content (AvgIpc) is 2.73. The van der Waals surface area contributed by atoms with Gasteiger partial charge < -0.3 is 10.6 Å². The third-order valence-corrected chi connectivity index (χ3v) is 3.83. The second kappa shape index (κ2) is 8.41. The number of aromatic nitrogens is 1. The normalized spacial score (nSPS) is 9.89. The highest BCUT2D eigenvalue weighted by molar-refractivity contribution is 6.05. The van der Waals surface area contributed by atoms with Crippen molar-refractivity contribution in [2.24, 2.45) is 0 Å². The first-order valence-corrected chi connectivity index (χ1v) is 8.24. The fourth-order valence-electron chi connectivity index (χ4n) is 2.43. The summed E-state index contributed by atoms with van der Waals surface area (Å²) in [6, 6.07) is 18.7. The minimum absolute atomic E-state index is 0.229. The molecule has 0 aliphatic carbocycles. The molecule has 0 fully saturated rings. The van der Waals surface area contributed by atoms with Crippen molar-refractivity contribution in [3.05, 3.63) is 95.3 Å². The third-order valence-electron chi connectivity index (χ3n) is 3.83. The van der Waals surface area contributed by atoms with Crippen molar-refractivity contribution in [2.75, 3.05) is 5.32 Å². The number of pyridine rings is 1. The number of carbonyl (C=O) groups excluding carboxylic acids is 2. The number of nitrogens with one attached hydrogen (secondary N) is 2. The Morgan fingerprint density at radius 2 is 1.70 bits per heavy atom. The summed E-state index contributed by atoms with van der Waals surface area (Å²) in [5.74, 6) is -0.542. The number of rotatable bonds is 5. The second-order valence-electron chi connectivity index (χ2n) is 5.77. The van der Waals surface area contributed by atoms with Gasteiger partial charge in [-0.2, -0.15) is 5.26 Å². The first-order chi connectivity index (χ1) is 13.2. The molecule has 0 saturated carbocycles. The van der Waals surface area contributed by atoms with Gasteiger partial charge in [-0.05, 0) is 54.1 Å². The SMILES string of the molecule is N#Cc1cccc(NC(=O)c2ccc(C(=O)NCc3cccnc3)cc2)c1. The van der Waals surface area contributed by atoms with Gasteiger partial charge in [0.1, 0.15) is 0 Å². The maximum absolute atomic E-state index is 12.3. The van der Waals surface area contributed by atoms with Crippen LogP contribution in [0.4, 0.5) is 5.69 Å². The summed E-state index contributed by atoms with van der Waals surface area (Å²) >= 11 is 0. The van der Waals surface area contributed by atoms with Gasteiger partial charge in [-0.3, -0.25) is 14.6 Å². The van der Waals surface area contributed by atoms with Crippen molar-refractivity contribution >= 4 is 17.5 Å². The number of nitrogens with zero attached hydrogens (tertiary/aromatic N) is 2. The van der Waals surface area contributed by atoms with Crippen molar-refractivity contribution in [1.82, 2.24) is 10.3 Å². The van der Waals surface area contributed by atoms with Crippen LogP contribution in [0.3, 0.4) is 0 Å². The van der Waals surface area contributed by atoms with E-state index in [1.165, 1.54) is 0 Å². The van der Waals surface area contributed by atoms with Gasteiger partial charge in [0, 0.05) is 35.8 Å². The maximum atomic E-state index is 12.3. The van der Waals surface area contributed by atoms with Crippen LogP contribution in [0.2, 0.25) is 0 Å². The number of hydrogen-bond acceptors (Lipinski definition) is 4. The summed E-state index contributed by atoms with van der Waals surface area (Å²) in [6.07, 6.45) is 3.36. The zero-order chi connectivity index (χ0) is 19.1. The lowest BCUT2D eigenvalue weighted by atomic mass is 10.1. The van der Waals surface area contributed by atoms with E-state index < -0.39 is 0 Å². The molecule has 0 aliphatic rings. The Bertz CT molecular complexity index is 993. The predicted octanol–water partition coefficient (Wildman–Crippen LogP) is 3.14. The molecule has 6 heteroatoms. The summed E-state index contributed by atoms with van der Waals surface area (Å²) in [5.41, 5.74) is 2.79. The fraction of sp³-hybridized carbons (Fsp3) is 0.0476. The van der Waals surface area contributed by atoms with Crippen LogP contribution in [0, 0.1) is 11.3 Å². The molecule has 0 unspecified atom stereocenters. The summed E-state index contributed by atoms with van der Waals surface area (Å²) < 4.78 is 0. The summed E-state index contributed by atoms with van der Waals surface area (Å²) in [7, 11) is 0. The minimum Gasteiger partial charge on any atom is -0.348 e. The van der Waals surface area contributed by atoms with Crippen LogP contribution in [0.25, 0.3) is 0 Å². The van der Waals surface area contributed by atoms with Crippen molar-refractivity contribution in [3.8, 4) is 6.07 Å². The first-order valence-electron chi connectivity index (χ1n) is 8.24. The molecule has 1 heterocycles. The topological polar surface area (TPSA) is 94.9 Å².